The number of rotatable bonds is 5. The molecule has 0 aliphatic rings. The lowest BCUT2D eigenvalue weighted by molar-refractivity contribution is 0.647. The van der Waals surface area contributed by atoms with E-state index in [2.05, 4.69) is 51.9 Å². The summed E-state index contributed by atoms with van der Waals surface area (Å²) in [6.07, 6.45) is 2.61. The number of benzene rings is 1. The number of tetrazole rings is 1. The second kappa shape index (κ2) is 6.48. The molecule has 0 unspecified atom stereocenters. The molecule has 0 radical (unpaired) electrons. The summed E-state index contributed by atoms with van der Waals surface area (Å²) in [6.45, 7) is 4.37. The van der Waals surface area contributed by atoms with E-state index in [0.717, 1.165) is 12.1 Å². The van der Waals surface area contributed by atoms with Gasteiger partial charge in [0.05, 0.1) is 0 Å². The summed E-state index contributed by atoms with van der Waals surface area (Å²) in [7, 11) is 0. The summed E-state index contributed by atoms with van der Waals surface area (Å²) in [5.41, 5.74) is 2.52. The predicted octanol–water partition coefficient (Wildman–Crippen LogP) is 2.37. The summed E-state index contributed by atoms with van der Waals surface area (Å²) < 4.78 is 0. The van der Waals surface area contributed by atoms with E-state index in [1.807, 2.05) is 18.2 Å². The van der Waals surface area contributed by atoms with Crippen molar-refractivity contribution in [3.05, 3.63) is 41.9 Å². The number of aromatic nitrogens is 4. The van der Waals surface area contributed by atoms with Gasteiger partial charge in [0.25, 0.3) is 0 Å². The van der Waals surface area contributed by atoms with E-state index in [-0.39, 0.29) is 5.82 Å². The first-order valence-corrected chi connectivity index (χ1v) is 6.38. The first-order chi connectivity index (χ1) is 9.69. The first-order valence-electron chi connectivity index (χ1n) is 6.38. The summed E-state index contributed by atoms with van der Waals surface area (Å²) in [6, 6.07) is 10.1. The smallest absolute Gasteiger partial charge is 0.216 e. The number of hydrogen-bond donors (Lipinski definition) is 2. The highest BCUT2D eigenvalue weighted by molar-refractivity contribution is 5.74. The summed E-state index contributed by atoms with van der Waals surface area (Å²) >= 11 is 0. The molecule has 6 heteroatoms. The van der Waals surface area contributed by atoms with Crippen LogP contribution in [-0.4, -0.2) is 20.6 Å². The largest absolute Gasteiger partial charge is 0.360 e. The van der Waals surface area contributed by atoms with Crippen molar-refractivity contribution >= 4 is 11.3 Å². The van der Waals surface area contributed by atoms with Crippen LogP contribution < -0.4 is 5.32 Å². The van der Waals surface area contributed by atoms with Gasteiger partial charge in [0.15, 0.2) is 0 Å². The van der Waals surface area contributed by atoms with E-state index < -0.39 is 0 Å². The highest BCUT2D eigenvalue weighted by Crippen LogP contribution is 2.15. The van der Waals surface area contributed by atoms with Gasteiger partial charge >= 0.3 is 0 Å². The molecule has 0 saturated heterocycles. The molecular weight excluding hydrogens is 252 g/mol. The summed E-state index contributed by atoms with van der Waals surface area (Å²) in [4.78, 5) is 0. The fraction of sp³-hybridized carbons (Fsp3) is 0.286. The molecule has 6 nitrogen and oxygen atoms in total. The van der Waals surface area contributed by atoms with Crippen LogP contribution in [0.2, 0.25) is 0 Å². The fourth-order valence-electron chi connectivity index (χ4n) is 1.84. The molecule has 2 aromatic rings. The van der Waals surface area contributed by atoms with Crippen LogP contribution in [0.1, 0.15) is 25.2 Å². The minimum absolute atomic E-state index is 0.276. The average Bonchev–Trinajstić information content (AvgIpc) is 2.93. The molecule has 0 bridgehead atoms. The highest BCUT2D eigenvalue weighted by atomic mass is 15.5. The Bertz CT molecular complexity index is 621. The fourth-order valence-corrected chi connectivity index (χ4v) is 1.84. The number of nitrogens with zero attached hydrogens (tertiary/aromatic N) is 4. The second-order valence-corrected chi connectivity index (χ2v) is 4.85. The molecule has 20 heavy (non-hydrogen) atoms. The van der Waals surface area contributed by atoms with Crippen molar-refractivity contribution in [2.24, 2.45) is 5.92 Å². The molecule has 0 amide bonds. The zero-order valence-corrected chi connectivity index (χ0v) is 11.5. The van der Waals surface area contributed by atoms with Gasteiger partial charge in [-0.3, -0.25) is 0 Å². The quantitative estimate of drug-likeness (QED) is 0.812. The Morgan fingerprint density at radius 3 is 3.00 bits per heavy atom. The Kier molecular flexibility index (Phi) is 4.45. The third kappa shape index (κ3) is 3.65. The third-order valence-corrected chi connectivity index (χ3v) is 2.66. The van der Waals surface area contributed by atoms with Crippen LogP contribution in [0.4, 0.5) is 5.69 Å². The standard InChI is InChI=1S/C14H16N6/c1-10(2)6-11-4-3-5-13(7-11)16-9-12(8-15)14-17-19-20-18-14/h3-5,7,9-10,16H,6H2,1-2H3,(H,17,18,19,20). The SMILES string of the molecule is CC(C)Cc1cccc(NC=C(C#N)c2nn[nH]n2)c1. The van der Waals surface area contributed by atoms with Crippen molar-refractivity contribution in [1.82, 2.24) is 20.6 Å². The van der Waals surface area contributed by atoms with Crippen LogP contribution in [0.3, 0.4) is 0 Å². The van der Waals surface area contributed by atoms with Crippen LogP contribution in [0, 0.1) is 17.2 Å². The van der Waals surface area contributed by atoms with Crippen molar-refractivity contribution in [3.63, 3.8) is 0 Å². The predicted molar refractivity (Wildman–Crippen MR) is 76.4 cm³/mol. The third-order valence-electron chi connectivity index (χ3n) is 2.66. The van der Waals surface area contributed by atoms with Crippen LogP contribution in [0.25, 0.3) is 5.57 Å². The van der Waals surface area contributed by atoms with Crippen LogP contribution >= 0.6 is 0 Å². The molecule has 0 atom stereocenters. The Morgan fingerprint density at radius 1 is 1.50 bits per heavy atom. The highest BCUT2D eigenvalue weighted by Gasteiger charge is 2.05. The summed E-state index contributed by atoms with van der Waals surface area (Å²) in [5, 5.41) is 25.5. The molecule has 0 aliphatic heterocycles. The zero-order chi connectivity index (χ0) is 14.4. The molecule has 0 fully saturated rings. The van der Waals surface area contributed by atoms with E-state index in [1.165, 1.54) is 5.56 Å². The van der Waals surface area contributed by atoms with Crippen molar-refractivity contribution in [3.8, 4) is 6.07 Å². The van der Waals surface area contributed by atoms with Gasteiger partial charge in [-0.25, -0.2) is 0 Å². The lowest BCUT2D eigenvalue weighted by atomic mass is 10.0. The lowest BCUT2D eigenvalue weighted by Crippen LogP contribution is -1.96. The minimum atomic E-state index is 0.276. The maximum Gasteiger partial charge on any atom is 0.216 e. The van der Waals surface area contributed by atoms with Crippen molar-refractivity contribution in [2.45, 2.75) is 20.3 Å². The molecule has 2 rings (SSSR count). The van der Waals surface area contributed by atoms with Gasteiger partial charge in [0.1, 0.15) is 11.6 Å². The lowest BCUT2D eigenvalue weighted by Gasteiger charge is -2.07. The number of hydrogen-bond acceptors (Lipinski definition) is 5. The molecule has 0 aliphatic carbocycles. The van der Waals surface area contributed by atoms with E-state index in [1.54, 1.807) is 6.20 Å². The molecule has 1 aromatic carbocycles. The number of aromatic amines is 1. The van der Waals surface area contributed by atoms with Crippen molar-refractivity contribution in [2.75, 3.05) is 5.32 Å². The first kappa shape index (κ1) is 13.7. The molecule has 2 N–H and O–H groups in total. The van der Waals surface area contributed by atoms with Crippen LogP contribution in [-0.2, 0) is 6.42 Å². The van der Waals surface area contributed by atoms with Crippen molar-refractivity contribution in [1.29, 1.82) is 5.26 Å². The molecule has 102 valence electrons. The molecule has 0 spiro atoms. The van der Waals surface area contributed by atoms with Gasteiger partial charge in [0, 0.05) is 11.9 Å². The van der Waals surface area contributed by atoms with Crippen LogP contribution in [0.5, 0.6) is 0 Å². The van der Waals surface area contributed by atoms with Gasteiger partial charge in [-0.1, -0.05) is 26.0 Å². The van der Waals surface area contributed by atoms with E-state index in [4.69, 9.17) is 5.26 Å². The normalized spacial score (nSPS) is 11.4. The zero-order valence-electron chi connectivity index (χ0n) is 11.5. The van der Waals surface area contributed by atoms with E-state index in [9.17, 15) is 0 Å². The Balaban J connectivity index is 2.12. The Hall–Kier alpha value is -2.68. The van der Waals surface area contributed by atoms with E-state index >= 15 is 0 Å². The van der Waals surface area contributed by atoms with Gasteiger partial charge in [0.2, 0.25) is 5.82 Å². The monoisotopic (exact) mass is 268 g/mol. The van der Waals surface area contributed by atoms with Gasteiger partial charge in [-0.05, 0) is 35.2 Å². The number of anilines is 1. The maximum absolute atomic E-state index is 9.07. The Labute approximate surface area is 117 Å². The molecule has 1 heterocycles. The van der Waals surface area contributed by atoms with Gasteiger partial charge < -0.3 is 5.32 Å². The van der Waals surface area contributed by atoms with Crippen molar-refractivity contribution < 1.29 is 0 Å². The maximum atomic E-state index is 9.07. The summed E-state index contributed by atoms with van der Waals surface area (Å²) in [5.74, 6) is 0.883. The Morgan fingerprint density at radius 2 is 2.35 bits per heavy atom. The van der Waals surface area contributed by atoms with Gasteiger partial charge in [-0.2, -0.15) is 10.5 Å². The number of allylic oxidation sites excluding steroid dienone is 1. The number of nitrogens with one attached hydrogen (secondary N) is 2. The van der Waals surface area contributed by atoms with E-state index in [0.29, 0.717) is 11.5 Å². The van der Waals surface area contributed by atoms with Crippen LogP contribution in [0.15, 0.2) is 30.5 Å². The molecule has 0 saturated carbocycles. The molecular formula is C14H16N6. The second-order valence-electron chi connectivity index (χ2n) is 4.85. The topological polar surface area (TPSA) is 90.3 Å². The molecule has 1 aromatic heterocycles. The number of H-pyrrole nitrogens is 1. The van der Waals surface area contributed by atoms with Gasteiger partial charge in [-0.15, -0.1) is 10.2 Å². The average molecular weight is 268 g/mol. The number of nitriles is 1. The minimum Gasteiger partial charge on any atom is -0.360 e.